The van der Waals surface area contributed by atoms with Crippen molar-refractivity contribution in [2.45, 2.75) is 0 Å². The standard InChI is InChI=1S/C20H24Cl2N10.ClH/c21-13-1-5-15(6-2-13)27-17(23)29-19(25)31-9-11-32(12-10-31)20(26)30-18(24)28-16-7-3-14(22)4-8-16;/h1-8H,9-12H2,(H4,23,25,27,29)(H4,24,26,28,30);1H. The molecule has 1 heterocycles. The zero-order valence-corrected chi connectivity index (χ0v) is 19.9. The van der Waals surface area contributed by atoms with Crippen molar-refractivity contribution in [1.82, 2.24) is 9.80 Å². The largest absolute Gasteiger partial charge is 0.369 e. The summed E-state index contributed by atoms with van der Waals surface area (Å²) in [5.74, 6) is 0.664. The van der Waals surface area contributed by atoms with Gasteiger partial charge in [0.05, 0.1) is 11.4 Å². The Bertz CT molecular complexity index is 955. The molecule has 0 aliphatic carbocycles. The topological polar surface area (TPSA) is 160 Å². The van der Waals surface area contributed by atoms with E-state index in [1.54, 1.807) is 48.5 Å². The van der Waals surface area contributed by atoms with Crippen LogP contribution in [0.3, 0.4) is 0 Å². The lowest BCUT2D eigenvalue weighted by atomic mass is 10.3. The van der Waals surface area contributed by atoms with E-state index in [1.165, 1.54) is 0 Å². The van der Waals surface area contributed by atoms with Gasteiger partial charge in [-0.1, -0.05) is 23.2 Å². The van der Waals surface area contributed by atoms with Gasteiger partial charge in [0.15, 0.2) is 11.9 Å². The molecule has 0 atom stereocenters. The van der Waals surface area contributed by atoms with Crippen LogP contribution in [0.5, 0.6) is 0 Å². The Kier molecular flexibility index (Phi) is 9.58. The third-order valence-corrected chi connectivity index (χ3v) is 5.03. The maximum atomic E-state index is 6.09. The molecule has 1 aliphatic heterocycles. The van der Waals surface area contributed by atoms with E-state index in [0.717, 1.165) is 0 Å². The van der Waals surface area contributed by atoms with Crippen LogP contribution in [0.15, 0.2) is 68.5 Å². The summed E-state index contributed by atoms with van der Waals surface area (Å²) in [5.41, 5.74) is 25.2. The lowest BCUT2D eigenvalue weighted by Crippen LogP contribution is -2.54. The number of piperazine rings is 1. The van der Waals surface area contributed by atoms with E-state index >= 15 is 0 Å². The van der Waals surface area contributed by atoms with Gasteiger partial charge in [-0.05, 0) is 48.5 Å². The normalized spacial score (nSPS) is 15.9. The van der Waals surface area contributed by atoms with Crippen LogP contribution in [0.25, 0.3) is 0 Å². The highest BCUT2D eigenvalue weighted by Gasteiger charge is 2.20. The van der Waals surface area contributed by atoms with Crippen LogP contribution >= 0.6 is 35.6 Å². The molecule has 0 unspecified atom stereocenters. The molecule has 2 aromatic carbocycles. The third kappa shape index (κ3) is 8.01. The molecule has 176 valence electrons. The van der Waals surface area contributed by atoms with Gasteiger partial charge in [0, 0.05) is 36.2 Å². The smallest absolute Gasteiger partial charge is 0.223 e. The number of hydrogen-bond donors (Lipinski definition) is 4. The van der Waals surface area contributed by atoms with Crippen LogP contribution in [0.1, 0.15) is 0 Å². The van der Waals surface area contributed by atoms with Gasteiger partial charge in [0.1, 0.15) is 0 Å². The Hall–Kier alpha value is -3.21. The second-order valence-corrected chi connectivity index (χ2v) is 7.68. The summed E-state index contributed by atoms with van der Waals surface area (Å²) < 4.78 is 0. The van der Waals surface area contributed by atoms with E-state index in [2.05, 4.69) is 20.0 Å². The number of aliphatic imine (C=N–C) groups is 4. The van der Waals surface area contributed by atoms with E-state index in [-0.39, 0.29) is 36.2 Å². The minimum atomic E-state index is 0. The van der Waals surface area contributed by atoms with Gasteiger partial charge in [-0.2, -0.15) is 9.98 Å². The van der Waals surface area contributed by atoms with E-state index in [9.17, 15) is 0 Å². The first-order valence-electron chi connectivity index (χ1n) is 9.68. The number of nitrogens with two attached hydrogens (primary N) is 4. The molecule has 0 bridgehead atoms. The highest BCUT2D eigenvalue weighted by molar-refractivity contribution is 6.30. The molecule has 1 saturated heterocycles. The minimum absolute atomic E-state index is 0. The lowest BCUT2D eigenvalue weighted by Gasteiger charge is -2.35. The molecule has 0 aromatic heterocycles. The van der Waals surface area contributed by atoms with Crippen LogP contribution in [0, 0.1) is 0 Å². The second-order valence-electron chi connectivity index (χ2n) is 6.81. The van der Waals surface area contributed by atoms with Crippen LogP contribution in [-0.4, -0.2) is 59.8 Å². The van der Waals surface area contributed by atoms with Crippen molar-refractivity contribution in [3.05, 3.63) is 58.6 Å². The molecule has 13 heteroatoms. The molecule has 0 amide bonds. The van der Waals surface area contributed by atoms with E-state index in [1.807, 2.05) is 9.80 Å². The molecule has 1 aliphatic rings. The van der Waals surface area contributed by atoms with Crippen molar-refractivity contribution in [3.63, 3.8) is 0 Å². The van der Waals surface area contributed by atoms with Gasteiger partial charge in [0.2, 0.25) is 11.9 Å². The van der Waals surface area contributed by atoms with Crippen molar-refractivity contribution < 1.29 is 0 Å². The summed E-state index contributed by atoms with van der Waals surface area (Å²) in [6, 6.07) is 13.8. The molecule has 0 radical (unpaired) electrons. The quantitative estimate of drug-likeness (QED) is 0.357. The Balaban J connectivity index is 0.00000385. The Morgan fingerprint density at radius 1 is 0.606 bits per heavy atom. The molecule has 33 heavy (non-hydrogen) atoms. The maximum absolute atomic E-state index is 6.09. The first-order valence-corrected chi connectivity index (χ1v) is 10.4. The summed E-state index contributed by atoms with van der Waals surface area (Å²) in [6.45, 7) is 2.31. The highest BCUT2D eigenvalue weighted by atomic mass is 35.5. The van der Waals surface area contributed by atoms with Crippen LogP contribution < -0.4 is 22.9 Å². The Morgan fingerprint density at radius 2 is 0.909 bits per heavy atom. The van der Waals surface area contributed by atoms with Gasteiger partial charge in [-0.15, -0.1) is 12.4 Å². The van der Waals surface area contributed by atoms with Crippen molar-refractivity contribution in [3.8, 4) is 0 Å². The van der Waals surface area contributed by atoms with Crippen LogP contribution in [0.2, 0.25) is 10.0 Å². The van der Waals surface area contributed by atoms with E-state index in [4.69, 9.17) is 46.1 Å². The van der Waals surface area contributed by atoms with E-state index in [0.29, 0.717) is 47.6 Å². The highest BCUT2D eigenvalue weighted by Crippen LogP contribution is 2.17. The number of nitrogens with zero attached hydrogens (tertiary/aromatic N) is 6. The van der Waals surface area contributed by atoms with Gasteiger partial charge >= 0.3 is 0 Å². The number of halogens is 3. The van der Waals surface area contributed by atoms with E-state index < -0.39 is 0 Å². The summed E-state index contributed by atoms with van der Waals surface area (Å²) >= 11 is 11.7. The maximum Gasteiger partial charge on any atom is 0.223 e. The molecule has 0 saturated carbocycles. The summed E-state index contributed by atoms with van der Waals surface area (Å²) in [6.07, 6.45) is 0. The molecule has 1 fully saturated rings. The van der Waals surface area contributed by atoms with Crippen molar-refractivity contribution in [2.24, 2.45) is 42.9 Å². The van der Waals surface area contributed by atoms with Crippen LogP contribution in [0.4, 0.5) is 11.4 Å². The van der Waals surface area contributed by atoms with Crippen molar-refractivity contribution >= 4 is 70.8 Å². The Labute approximate surface area is 208 Å². The summed E-state index contributed by atoms with van der Waals surface area (Å²) in [5, 5.41) is 1.23. The third-order valence-electron chi connectivity index (χ3n) is 4.53. The van der Waals surface area contributed by atoms with Gasteiger partial charge in [-0.3, -0.25) is 0 Å². The first kappa shape index (κ1) is 26.0. The fraction of sp³-hybridized carbons (Fsp3) is 0.200. The van der Waals surface area contributed by atoms with Crippen LogP contribution in [-0.2, 0) is 0 Å². The lowest BCUT2D eigenvalue weighted by molar-refractivity contribution is 0.255. The van der Waals surface area contributed by atoms with Crippen molar-refractivity contribution in [1.29, 1.82) is 0 Å². The predicted octanol–water partition coefficient (Wildman–Crippen LogP) is 2.25. The second kappa shape index (κ2) is 12.1. The average molecular weight is 512 g/mol. The SMILES string of the molecule is Cl.NC(=Nc1ccc(Cl)cc1)/N=C(/N)N1CCN(/C(N)=N/C(N)=Nc2ccc(Cl)cc2)CC1. The monoisotopic (exact) mass is 510 g/mol. The summed E-state index contributed by atoms with van der Waals surface area (Å²) in [7, 11) is 0. The fourth-order valence-corrected chi connectivity index (χ4v) is 3.14. The molecule has 2 aromatic rings. The average Bonchev–Trinajstić information content (AvgIpc) is 2.77. The molecular weight excluding hydrogens is 487 g/mol. The Morgan fingerprint density at radius 3 is 1.21 bits per heavy atom. The predicted molar refractivity (Wildman–Crippen MR) is 139 cm³/mol. The summed E-state index contributed by atoms with van der Waals surface area (Å²) in [4.78, 5) is 20.5. The van der Waals surface area contributed by atoms with Gasteiger partial charge < -0.3 is 32.7 Å². The zero-order valence-electron chi connectivity index (χ0n) is 17.6. The molecular formula is C20H25Cl3N10. The minimum Gasteiger partial charge on any atom is -0.369 e. The number of benzene rings is 2. The molecule has 10 nitrogen and oxygen atoms in total. The molecule has 3 rings (SSSR count). The molecule has 8 N–H and O–H groups in total. The van der Waals surface area contributed by atoms with Crippen molar-refractivity contribution in [2.75, 3.05) is 26.2 Å². The number of hydrogen-bond acceptors (Lipinski definition) is 2. The first-order chi connectivity index (χ1) is 15.3. The number of rotatable bonds is 2. The van der Waals surface area contributed by atoms with Gasteiger partial charge in [0.25, 0.3) is 0 Å². The number of guanidine groups is 4. The molecule has 0 spiro atoms. The fourth-order valence-electron chi connectivity index (χ4n) is 2.89. The zero-order chi connectivity index (χ0) is 23.1. The van der Waals surface area contributed by atoms with Gasteiger partial charge in [-0.25, -0.2) is 9.98 Å².